The Hall–Kier alpha value is -1.39. The maximum atomic E-state index is 12.3. The van der Waals surface area contributed by atoms with Crippen molar-refractivity contribution in [1.82, 2.24) is 5.32 Å². The maximum Gasteiger partial charge on any atom is 0.227 e. The Kier molecular flexibility index (Phi) is 4.03. The van der Waals surface area contributed by atoms with E-state index in [0.717, 1.165) is 38.3 Å². The fourth-order valence-electron chi connectivity index (χ4n) is 3.24. The number of fused-ring (bicyclic) bond motifs is 1. The third-order valence-electron chi connectivity index (χ3n) is 4.48. The smallest absolute Gasteiger partial charge is 0.227 e. The first-order valence-electron chi connectivity index (χ1n) is 7.43. The first-order valence-corrected chi connectivity index (χ1v) is 7.43. The van der Waals surface area contributed by atoms with E-state index in [1.807, 2.05) is 24.1 Å². The van der Waals surface area contributed by atoms with Gasteiger partial charge in [-0.05, 0) is 31.5 Å². The van der Waals surface area contributed by atoms with E-state index in [1.165, 1.54) is 5.56 Å². The SMILES string of the molecule is CNC(CN1C(=O)CCc2ccccc21)C1CCOC1. The van der Waals surface area contributed by atoms with Crippen LogP contribution in [-0.2, 0) is 16.0 Å². The molecule has 2 aliphatic heterocycles. The lowest BCUT2D eigenvalue weighted by molar-refractivity contribution is -0.119. The van der Waals surface area contributed by atoms with Crippen LogP contribution in [0, 0.1) is 5.92 Å². The Balaban J connectivity index is 1.79. The number of aryl methyl sites for hydroxylation is 1. The summed E-state index contributed by atoms with van der Waals surface area (Å²) in [5, 5.41) is 3.37. The second-order valence-corrected chi connectivity index (χ2v) is 5.65. The number of likely N-dealkylation sites (N-methyl/N-ethyl adjacent to an activating group) is 1. The van der Waals surface area contributed by atoms with Crippen molar-refractivity contribution in [1.29, 1.82) is 0 Å². The number of hydrogen-bond acceptors (Lipinski definition) is 3. The Labute approximate surface area is 120 Å². The molecule has 1 aromatic rings. The van der Waals surface area contributed by atoms with Crippen LogP contribution in [0.4, 0.5) is 5.69 Å². The minimum atomic E-state index is 0.239. The quantitative estimate of drug-likeness (QED) is 0.906. The molecule has 1 amide bonds. The summed E-state index contributed by atoms with van der Waals surface area (Å²) in [6, 6.07) is 8.55. The van der Waals surface area contributed by atoms with Crippen molar-refractivity contribution < 1.29 is 9.53 Å². The van der Waals surface area contributed by atoms with Gasteiger partial charge in [0.2, 0.25) is 5.91 Å². The van der Waals surface area contributed by atoms with Crippen LogP contribution >= 0.6 is 0 Å². The molecule has 1 fully saturated rings. The number of carbonyl (C=O) groups is 1. The van der Waals surface area contributed by atoms with Crippen LogP contribution < -0.4 is 10.2 Å². The van der Waals surface area contributed by atoms with Crippen LogP contribution in [0.15, 0.2) is 24.3 Å². The fourth-order valence-corrected chi connectivity index (χ4v) is 3.24. The number of carbonyl (C=O) groups excluding carboxylic acids is 1. The Morgan fingerprint density at radius 3 is 3.00 bits per heavy atom. The second kappa shape index (κ2) is 5.94. The van der Waals surface area contributed by atoms with E-state index in [1.54, 1.807) is 0 Å². The molecule has 0 aromatic heterocycles. The van der Waals surface area contributed by atoms with Gasteiger partial charge in [0.25, 0.3) is 0 Å². The van der Waals surface area contributed by atoms with Gasteiger partial charge in [0.15, 0.2) is 0 Å². The highest BCUT2D eigenvalue weighted by Crippen LogP contribution is 2.29. The molecule has 20 heavy (non-hydrogen) atoms. The Morgan fingerprint density at radius 1 is 1.40 bits per heavy atom. The highest BCUT2D eigenvalue weighted by Gasteiger charge is 2.30. The average molecular weight is 274 g/mol. The van der Waals surface area contributed by atoms with Gasteiger partial charge < -0.3 is 15.0 Å². The van der Waals surface area contributed by atoms with Crippen LogP contribution in [0.25, 0.3) is 0 Å². The number of nitrogens with zero attached hydrogens (tertiary/aromatic N) is 1. The third-order valence-corrected chi connectivity index (χ3v) is 4.48. The summed E-state index contributed by atoms with van der Waals surface area (Å²) in [6.45, 7) is 2.38. The monoisotopic (exact) mass is 274 g/mol. The Morgan fingerprint density at radius 2 is 2.25 bits per heavy atom. The minimum Gasteiger partial charge on any atom is -0.381 e. The van der Waals surface area contributed by atoms with Crippen molar-refractivity contribution >= 4 is 11.6 Å². The molecule has 2 heterocycles. The van der Waals surface area contributed by atoms with Crippen LogP contribution in [0.5, 0.6) is 0 Å². The lowest BCUT2D eigenvalue weighted by Gasteiger charge is -2.34. The molecule has 1 N–H and O–H groups in total. The van der Waals surface area contributed by atoms with E-state index in [2.05, 4.69) is 17.4 Å². The van der Waals surface area contributed by atoms with Crippen molar-refractivity contribution in [2.45, 2.75) is 25.3 Å². The molecule has 0 spiro atoms. The normalized spacial score (nSPS) is 23.8. The number of nitrogens with one attached hydrogen (secondary N) is 1. The van der Waals surface area contributed by atoms with E-state index >= 15 is 0 Å². The number of benzene rings is 1. The molecular formula is C16H22N2O2. The first-order chi connectivity index (χ1) is 9.79. The van der Waals surface area contributed by atoms with E-state index in [0.29, 0.717) is 18.4 Å². The van der Waals surface area contributed by atoms with E-state index in [-0.39, 0.29) is 5.91 Å². The number of hydrogen-bond donors (Lipinski definition) is 1. The fraction of sp³-hybridized carbons (Fsp3) is 0.562. The number of amides is 1. The largest absolute Gasteiger partial charge is 0.381 e. The summed E-state index contributed by atoms with van der Waals surface area (Å²) in [7, 11) is 1.98. The van der Waals surface area contributed by atoms with Gasteiger partial charge in [-0.1, -0.05) is 18.2 Å². The van der Waals surface area contributed by atoms with Crippen LogP contribution in [0.3, 0.4) is 0 Å². The molecule has 0 saturated carbocycles. The van der Waals surface area contributed by atoms with Crippen molar-refractivity contribution in [3.05, 3.63) is 29.8 Å². The molecule has 0 aliphatic carbocycles. The molecule has 4 nitrogen and oxygen atoms in total. The molecule has 4 heteroatoms. The summed E-state index contributed by atoms with van der Waals surface area (Å²) < 4.78 is 5.48. The van der Waals surface area contributed by atoms with Gasteiger partial charge in [-0.25, -0.2) is 0 Å². The first kappa shape index (κ1) is 13.6. The van der Waals surface area contributed by atoms with Crippen LogP contribution in [0.1, 0.15) is 18.4 Å². The van der Waals surface area contributed by atoms with Gasteiger partial charge >= 0.3 is 0 Å². The lowest BCUT2D eigenvalue weighted by Crippen LogP contribution is -2.48. The molecule has 0 radical (unpaired) electrons. The van der Waals surface area contributed by atoms with Gasteiger partial charge in [-0.2, -0.15) is 0 Å². The molecule has 2 unspecified atom stereocenters. The summed E-state index contributed by atoms with van der Waals surface area (Å²) in [4.78, 5) is 14.2. The van der Waals surface area contributed by atoms with Gasteiger partial charge in [0.1, 0.15) is 0 Å². The highest BCUT2D eigenvalue weighted by atomic mass is 16.5. The van der Waals surface area contributed by atoms with E-state index in [9.17, 15) is 4.79 Å². The summed E-state index contributed by atoms with van der Waals surface area (Å²) >= 11 is 0. The molecule has 1 saturated heterocycles. The molecule has 3 rings (SSSR count). The van der Waals surface area contributed by atoms with Crippen molar-refractivity contribution in [3.8, 4) is 0 Å². The number of rotatable bonds is 4. The number of anilines is 1. The second-order valence-electron chi connectivity index (χ2n) is 5.65. The number of ether oxygens (including phenoxy) is 1. The molecule has 108 valence electrons. The van der Waals surface area contributed by atoms with Crippen molar-refractivity contribution in [2.24, 2.45) is 5.92 Å². The third kappa shape index (κ3) is 2.58. The minimum absolute atomic E-state index is 0.239. The van der Waals surface area contributed by atoms with Crippen molar-refractivity contribution in [3.63, 3.8) is 0 Å². The number of para-hydroxylation sites is 1. The van der Waals surface area contributed by atoms with Gasteiger partial charge in [-0.3, -0.25) is 4.79 Å². The zero-order valence-corrected chi connectivity index (χ0v) is 12.0. The highest BCUT2D eigenvalue weighted by molar-refractivity contribution is 5.96. The van der Waals surface area contributed by atoms with Gasteiger partial charge in [0, 0.05) is 37.2 Å². The predicted molar refractivity (Wildman–Crippen MR) is 78.9 cm³/mol. The van der Waals surface area contributed by atoms with E-state index in [4.69, 9.17) is 4.74 Å². The lowest BCUT2D eigenvalue weighted by atomic mass is 9.96. The average Bonchev–Trinajstić information content (AvgIpc) is 3.00. The summed E-state index contributed by atoms with van der Waals surface area (Å²) in [6.07, 6.45) is 2.56. The van der Waals surface area contributed by atoms with Gasteiger partial charge in [-0.15, -0.1) is 0 Å². The van der Waals surface area contributed by atoms with Crippen LogP contribution in [0.2, 0.25) is 0 Å². The zero-order valence-electron chi connectivity index (χ0n) is 12.0. The van der Waals surface area contributed by atoms with Crippen LogP contribution in [-0.4, -0.2) is 38.8 Å². The maximum absolute atomic E-state index is 12.3. The predicted octanol–water partition coefficient (Wildman–Crippen LogP) is 1.59. The van der Waals surface area contributed by atoms with E-state index < -0.39 is 0 Å². The Bertz CT molecular complexity index is 483. The molecular weight excluding hydrogens is 252 g/mol. The standard InChI is InChI=1S/C16H22N2O2/c1-17-14(13-8-9-20-11-13)10-18-15-5-3-2-4-12(15)6-7-16(18)19/h2-5,13-14,17H,6-11H2,1H3. The zero-order chi connectivity index (χ0) is 13.9. The molecule has 2 atom stereocenters. The van der Waals surface area contributed by atoms with Crippen molar-refractivity contribution in [2.75, 3.05) is 31.7 Å². The van der Waals surface area contributed by atoms with Gasteiger partial charge in [0.05, 0.1) is 6.61 Å². The summed E-state index contributed by atoms with van der Waals surface area (Å²) in [5.41, 5.74) is 2.37. The molecule has 0 bridgehead atoms. The molecule has 1 aromatic carbocycles. The topological polar surface area (TPSA) is 41.6 Å². The molecule has 2 aliphatic rings. The summed E-state index contributed by atoms with van der Waals surface area (Å²) in [5.74, 6) is 0.741.